The summed E-state index contributed by atoms with van der Waals surface area (Å²) >= 11 is 0. The van der Waals surface area contributed by atoms with Crippen LogP contribution < -0.4 is 5.32 Å². The Balaban J connectivity index is 2.08. The lowest BCUT2D eigenvalue weighted by molar-refractivity contribution is 0.159. The summed E-state index contributed by atoms with van der Waals surface area (Å²) in [5, 5.41) is 13.0. The van der Waals surface area contributed by atoms with Gasteiger partial charge in [0.1, 0.15) is 0 Å². The van der Waals surface area contributed by atoms with E-state index in [9.17, 15) is 5.11 Å². The maximum Gasteiger partial charge on any atom is 0.0598 e. The molecule has 0 spiro atoms. The Morgan fingerprint density at radius 1 is 1.27 bits per heavy atom. The number of aliphatic hydroxyl groups excluding tert-OH is 1. The SMILES string of the molecule is OC1CCC2=C(C1)NCc1ccccc12. The van der Waals surface area contributed by atoms with Crippen molar-refractivity contribution in [3.8, 4) is 0 Å². The lowest BCUT2D eigenvalue weighted by atomic mass is 9.85. The fourth-order valence-electron chi connectivity index (χ4n) is 2.57. The molecule has 1 aliphatic carbocycles. The molecule has 2 heteroatoms. The minimum atomic E-state index is -0.151. The minimum absolute atomic E-state index is 0.151. The average Bonchev–Trinajstić information content (AvgIpc) is 2.28. The van der Waals surface area contributed by atoms with Crippen LogP contribution in [0.2, 0.25) is 0 Å². The van der Waals surface area contributed by atoms with Crippen molar-refractivity contribution in [3.05, 3.63) is 41.1 Å². The third-order valence-corrected chi connectivity index (χ3v) is 3.37. The van der Waals surface area contributed by atoms with Crippen LogP contribution in [-0.2, 0) is 6.54 Å². The molecule has 0 amide bonds. The first-order valence-corrected chi connectivity index (χ1v) is 5.57. The van der Waals surface area contributed by atoms with Gasteiger partial charge in [0.05, 0.1) is 6.10 Å². The normalized spacial score (nSPS) is 24.2. The summed E-state index contributed by atoms with van der Waals surface area (Å²) in [6.45, 7) is 0.904. The van der Waals surface area contributed by atoms with E-state index >= 15 is 0 Å². The van der Waals surface area contributed by atoms with E-state index in [1.54, 1.807) is 0 Å². The third-order valence-electron chi connectivity index (χ3n) is 3.37. The van der Waals surface area contributed by atoms with Crippen LogP contribution in [0.3, 0.4) is 0 Å². The molecule has 78 valence electrons. The number of hydrogen-bond acceptors (Lipinski definition) is 2. The zero-order chi connectivity index (χ0) is 10.3. The maximum absolute atomic E-state index is 9.62. The molecule has 1 aromatic carbocycles. The third kappa shape index (κ3) is 1.45. The Kier molecular flexibility index (Phi) is 2.03. The van der Waals surface area contributed by atoms with E-state index in [2.05, 4.69) is 29.6 Å². The van der Waals surface area contributed by atoms with Crippen molar-refractivity contribution in [2.45, 2.75) is 31.9 Å². The van der Waals surface area contributed by atoms with Gasteiger partial charge in [-0.1, -0.05) is 24.3 Å². The molecule has 1 aromatic rings. The van der Waals surface area contributed by atoms with Crippen molar-refractivity contribution >= 4 is 5.57 Å². The summed E-state index contributed by atoms with van der Waals surface area (Å²) in [4.78, 5) is 0. The summed E-state index contributed by atoms with van der Waals surface area (Å²) < 4.78 is 0. The predicted molar refractivity (Wildman–Crippen MR) is 60.1 cm³/mol. The van der Waals surface area contributed by atoms with E-state index in [1.807, 2.05) is 0 Å². The van der Waals surface area contributed by atoms with Crippen LogP contribution in [0.4, 0.5) is 0 Å². The van der Waals surface area contributed by atoms with Crippen molar-refractivity contribution in [1.82, 2.24) is 5.32 Å². The molecule has 2 aliphatic rings. The molecular weight excluding hydrogens is 186 g/mol. The second-order valence-electron chi connectivity index (χ2n) is 4.36. The smallest absolute Gasteiger partial charge is 0.0598 e. The van der Waals surface area contributed by atoms with E-state index in [4.69, 9.17) is 0 Å². The summed E-state index contributed by atoms with van der Waals surface area (Å²) in [5.74, 6) is 0. The molecule has 0 radical (unpaired) electrons. The Bertz CT molecular complexity index is 422. The largest absolute Gasteiger partial charge is 0.393 e. The fourth-order valence-corrected chi connectivity index (χ4v) is 2.57. The Hall–Kier alpha value is -1.28. The molecule has 1 atom stereocenters. The summed E-state index contributed by atoms with van der Waals surface area (Å²) in [5.41, 5.74) is 5.44. The van der Waals surface area contributed by atoms with Crippen LogP contribution in [0.5, 0.6) is 0 Å². The maximum atomic E-state index is 9.62. The highest BCUT2D eigenvalue weighted by Gasteiger charge is 2.24. The summed E-state index contributed by atoms with van der Waals surface area (Å²) in [6, 6.07) is 8.56. The molecule has 1 heterocycles. The molecule has 2 N–H and O–H groups in total. The molecular formula is C13H15NO. The van der Waals surface area contributed by atoms with E-state index in [0.717, 1.165) is 25.8 Å². The van der Waals surface area contributed by atoms with E-state index in [-0.39, 0.29) is 6.10 Å². The standard InChI is InChI=1S/C13H15NO/c15-10-5-6-12-11-4-2-1-3-9(11)8-14-13(12)7-10/h1-4,10,14-15H,5-8H2. The van der Waals surface area contributed by atoms with Gasteiger partial charge in [-0.2, -0.15) is 0 Å². The van der Waals surface area contributed by atoms with Gasteiger partial charge in [-0.3, -0.25) is 0 Å². The average molecular weight is 201 g/mol. The zero-order valence-corrected chi connectivity index (χ0v) is 8.66. The van der Waals surface area contributed by atoms with Gasteiger partial charge in [0, 0.05) is 18.7 Å². The van der Waals surface area contributed by atoms with Gasteiger partial charge in [0.25, 0.3) is 0 Å². The van der Waals surface area contributed by atoms with Gasteiger partial charge in [-0.25, -0.2) is 0 Å². The van der Waals surface area contributed by atoms with Crippen LogP contribution in [-0.4, -0.2) is 11.2 Å². The van der Waals surface area contributed by atoms with Crippen molar-refractivity contribution in [2.24, 2.45) is 0 Å². The Labute approximate surface area is 89.6 Å². The van der Waals surface area contributed by atoms with Crippen molar-refractivity contribution in [3.63, 3.8) is 0 Å². The minimum Gasteiger partial charge on any atom is -0.393 e. The highest BCUT2D eigenvalue weighted by molar-refractivity contribution is 5.73. The summed E-state index contributed by atoms with van der Waals surface area (Å²) in [7, 11) is 0. The first-order chi connectivity index (χ1) is 7.34. The lowest BCUT2D eigenvalue weighted by Crippen LogP contribution is -2.27. The van der Waals surface area contributed by atoms with Crippen molar-refractivity contribution < 1.29 is 5.11 Å². The molecule has 15 heavy (non-hydrogen) atoms. The van der Waals surface area contributed by atoms with Gasteiger partial charge in [0.2, 0.25) is 0 Å². The number of fused-ring (bicyclic) bond motifs is 2. The Morgan fingerprint density at radius 3 is 3.07 bits per heavy atom. The van der Waals surface area contributed by atoms with E-state index in [0.29, 0.717) is 0 Å². The molecule has 1 unspecified atom stereocenters. The molecule has 0 saturated carbocycles. The monoisotopic (exact) mass is 201 g/mol. The topological polar surface area (TPSA) is 32.3 Å². The quantitative estimate of drug-likeness (QED) is 0.673. The predicted octanol–water partition coefficient (Wildman–Crippen LogP) is 2.05. The second-order valence-corrected chi connectivity index (χ2v) is 4.36. The van der Waals surface area contributed by atoms with Crippen LogP contribution in [0.25, 0.3) is 5.57 Å². The van der Waals surface area contributed by atoms with Crippen LogP contribution in [0, 0.1) is 0 Å². The molecule has 1 aliphatic heterocycles. The zero-order valence-electron chi connectivity index (χ0n) is 8.66. The summed E-state index contributed by atoms with van der Waals surface area (Å²) in [6.07, 6.45) is 2.54. The van der Waals surface area contributed by atoms with Crippen LogP contribution in [0.15, 0.2) is 30.0 Å². The van der Waals surface area contributed by atoms with Gasteiger partial charge < -0.3 is 10.4 Å². The van der Waals surface area contributed by atoms with Gasteiger partial charge >= 0.3 is 0 Å². The number of aliphatic hydroxyl groups is 1. The lowest BCUT2D eigenvalue weighted by Gasteiger charge is -2.30. The first kappa shape index (κ1) is 8.98. The van der Waals surface area contributed by atoms with Gasteiger partial charge in [0.15, 0.2) is 0 Å². The van der Waals surface area contributed by atoms with E-state index in [1.165, 1.54) is 22.4 Å². The fraction of sp³-hybridized carbons (Fsp3) is 0.385. The number of benzene rings is 1. The second kappa shape index (κ2) is 3.38. The molecule has 3 rings (SSSR count). The number of rotatable bonds is 0. The molecule has 2 nitrogen and oxygen atoms in total. The van der Waals surface area contributed by atoms with Crippen molar-refractivity contribution in [2.75, 3.05) is 0 Å². The van der Waals surface area contributed by atoms with Crippen LogP contribution in [0.1, 0.15) is 30.4 Å². The van der Waals surface area contributed by atoms with Crippen LogP contribution >= 0.6 is 0 Å². The number of hydrogen-bond donors (Lipinski definition) is 2. The first-order valence-electron chi connectivity index (χ1n) is 5.57. The molecule has 0 fully saturated rings. The number of allylic oxidation sites excluding steroid dienone is 1. The van der Waals surface area contributed by atoms with Gasteiger partial charge in [-0.05, 0) is 29.5 Å². The van der Waals surface area contributed by atoms with Gasteiger partial charge in [-0.15, -0.1) is 0 Å². The number of nitrogens with one attached hydrogen (secondary N) is 1. The molecule has 0 aromatic heterocycles. The van der Waals surface area contributed by atoms with E-state index < -0.39 is 0 Å². The Morgan fingerprint density at radius 2 is 2.13 bits per heavy atom. The van der Waals surface area contributed by atoms with Crippen molar-refractivity contribution in [1.29, 1.82) is 0 Å². The highest BCUT2D eigenvalue weighted by Crippen LogP contribution is 2.35. The molecule has 0 bridgehead atoms. The molecule has 0 saturated heterocycles. The highest BCUT2D eigenvalue weighted by atomic mass is 16.3.